The minimum absolute atomic E-state index is 0.143. The molecule has 0 aromatic heterocycles. The lowest BCUT2D eigenvalue weighted by Crippen LogP contribution is -2.25. The van der Waals surface area contributed by atoms with E-state index in [1.165, 1.54) is 0 Å². The van der Waals surface area contributed by atoms with Crippen LogP contribution in [-0.4, -0.2) is 45.9 Å². The van der Waals surface area contributed by atoms with Gasteiger partial charge in [-0.25, -0.2) is 0 Å². The number of amides is 1. The van der Waals surface area contributed by atoms with E-state index in [1.807, 2.05) is 0 Å². The minimum atomic E-state index is 0.143. The van der Waals surface area contributed by atoms with Crippen molar-refractivity contribution < 1.29 is 14.3 Å². The number of hydrogen-bond acceptors (Lipinski definition) is 4. The van der Waals surface area contributed by atoms with Crippen molar-refractivity contribution in [2.24, 2.45) is 11.7 Å². The summed E-state index contributed by atoms with van der Waals surface area (Å²) in [4.78, 5) is 11.5. The Morgan fingerprint density at radius 2 is 2.00 bits per heavy atom. The fourth-order valence-corrected chi connectivity index (χ4v) is 1.70. The summed E-state index contributed by atoms with van der Waals surface area (Å²) in [5, 5.41) is 2.93. The van der Waals surface area contributed by atoms with Crippen LogP contribution >= 0.6 is 0 Å². The van der Waals surface area contributed by atoms with E-state index >= 15 is 0 Å². The van der Waals surface area contributed by atoms with Crippen LogP contribution in [0, 0.1) is 5.92 Å². The highest BCUT2D eigenvalue weighted by atomic mass is 16.5. The number of unbranched alkanes of at least 4 members (excludes halogenated alkanes) is 1. The lowest BCUT2D eigenvalue weighted by atomic mass is 10.0. The highest BCUT2D eigenvalue weighted by Gasteiger charge is 2.05. The number of hydrogen-bond donors (Lipinski definition) is 2. The molecule has 0 aliphatic carbocycles. The van der Waals surface area contributed by atoms with Gasteiger partial charge < -0.3 is 20.5 Å². The maximum atomic E-state index is 11.5. The third-order valence-corrected chi connectivity index (χ3v) is 2.99. The largest absolute Gasteiger partial charge is 0.382 e. The summed E-state index contributed by atoms with van der Waals surface area (Å²) in [5.41, 5.74) is 5.47. The molecule has 0 spiro atoms. The van der Waals surface area contributed by atoms with Crippen LogP contribution in [0.5, 0.6) is 0 Å². The van der Waals surface area contributed by atoms with Gasteiger partial charge in [0.15, 0.2) is 0 Å². The third kappa shape index (κ3) is 13.6. The predicted molar refractivity (Wildman–Crippen MR) is 77.0 cm³/mol. The molecule has 5 heteroatoms. The molecular weight excluding hydrogens is 244 g/mol. The maximum absolute atomic E-state index is 11.5. The second-order valence-corrected chi connectivity index (χ2v) is 4.88. The Morgan fingerprint density at radius 3 is 2.68 bits per heavy atom. The lowest BCUT2D eigenvalue weighted by Gasteiger charge is -2.10. The van der Waals surface area contributed by atoms with Crippen LogP contribution in [-0.2, 0) is 14.3 Å². The first-order valence-electron chi connectivity index (χ1n) is 7.24. The van der Waals surface area contributed by atoms with E-state index in [-0.39, 0.29) is 5.91 Å². The lowest BCUT2D eigenvalue weighted by molar-refractivity contribution is -0.121. The van der Waals surface area contributed by atoms with E-state index in [4.69, 9.17) is 15.2 Å². The molecule has 0 rings (SSSR count). The van der Waals surface area contributed by atoms with Crippen LogP contribution < -0.4 is 11.1 Å². The molecule has 19 heavy (non-hydrogen) atoms. The van der Waals surface area contributed by atoms with Gasteiger partial charge in [0.05, 0.1) is 13.2 Å². The van der Waals surface area contributed by atoms with Gasteiger partial charge in [-0.2, -0.15) is 0 Å². The number of nitrogens with one attached hydrogen (secondary N) is 1. The number of ether oxygens (including phenoxy) is 2. The molecule has 114 valence electrons. The van der Waals surface area contributed by atoms with Crippen LogP contribution in [0.4, 0.5) is 0 Å². The molecule has 1 atom stereocenters. The molecule has 0 aromatic rings. The van der Waals surface area contributed by atoms with Crippen LogP contribution in [0.25, 0.3) is 0 Å². The second-order valence-electron chi connectivity index (χ2n) is 4.88. The minimum Gasteiger partial charge on any atom is -0.382 e. The summed E-state index contributed by atoms with van der Waals surface area (Å²) in [6.07, 6.45) is 4.44. The average molecular weight is 274 g/mol. The first-order chi connectivity index (χ1) is 9.20. The summed E-state index contributed by atoms with van der Waals surface area (Å²) in [6.45, 7) is 5.58. The number of rotatable bonds is 13. The van der Waals surface area contributed by atoms with Gasteiger partial charge in [-0.3, -0.25) is 4.79 Å². The molecule has 0 aromatic carbocycles. The van der Waals surface area contributed by atoms with Crippen LogP contribution in [0.15, 0.2) is 0 Å². The highest BCUT2D eigenvalue weighted by Crippen LogP contribution is 2.08. The molecule has 3 N–H and O–H groups in total. The molecule has 0 saturated heterocycles. The molecule has 0 aliphatic rings. The molecule has 0 aliphatic heterocycles. The van der Waals surface area contributed by atoms with E-state index in [0.29, 0.717) is 32.1 Å². The summed E-state index contributed by atoms with van der Waals surface area (Å²) in [7, 11) is 1.66. The number of methoxy groups -OCH3 is 1. The molecule has 0 radical (unpaired) electrons. The average Bonchev–Trinajstić information content (AvgIpc) is 2.40. The number of carbonyl (C=O) groups is 1. The number of nitrogens with two attached hydrogens (primary N) is 1. The van der Waals surface area contributed by atoms with Gasteiger partial charge in [0.2, 0.25) is 5.91 Å². The Balaban J connectivity index is 3.25. The van der Waals surface area contributed by atoms with Crippen LogP contribution in [0.2, 0.25) is 0 Å². The van der Waals surface area contributed by atoms with Crippen molar-refractivity contribution in [1.29, 1.82) is 0 Å². The first kappa shape index (κ1) is 18.4. The molecular formula is C14H30N2O3. The van der Waals surface area contributed by atoms with Crippen molar-refractivity contribution in [2.75, 3.05) is 40.0 Å². The fourth-order valence-electron chi connectivity index (χ4n) is 1.70. The van der Waals surface area contributed by atoms with Crippen molar-refractivity contribution in [2.45, 2.75) is 39.0 Å². The van der Waals surface area contributed by atoms with E-state index < -0.39 is 0 Å². The van der Waals surface area contributed by atoms with Gasteiger partial charge in [-0.1, -0.05) is 6.92 Å². The second kappa shape index (κ2) is 13.8. The normalized spacial score (nSPS) is 12.4. The Bertz CT molecular complexity index is 213. The van der Waals surface area contributed by atoms with E-state index in [2.05, 4.69) is 12.2 Å². The zero-order valence-electron chi connectivity index (χ0n) is 12.5. The molecule has 5 nitrogen and oxygen atoms in total. The van der Waals surface area contributed by atoms with Crippen LogP contribution in [0.3, 0.4) is 0 Å². The van der Waals surface area contributed by atoms with Crippen molar-refractivity contribution in [3.05, 3.63) is 0 Å². The molecule has 0 fully saturated rings. The molecule has 1 unspecified atom stereocenters. The van der Waals surface area contributed by atoms with Gasteiger partial charge in [0.1, 0.15) is 0 Å². The van der Waals surface area contributed by atoms with Crippen molar-refractivity contribution >= 4 is 5.91 Å². The van der Waals surface area contributed by atoms with Gasteiger partial charge in [0, 0.05) is 26.7 Å². The summed E-state index contributed by atoms with van der Waals surface area (Å²) in [6, 6.07) is 0. The summed E-state index contributed by atoms with van der Waals surface area (Å²) in [5.74, 6) is 0.675. The zero-order valence-corrected chi connectivity index (χ0v) is 12.5. The van der Waals surface area contributed by atoms with Gasteiger partial charge in [-0.05, 0) is 38.1 Å². The van der Waals surface area contributed by atoms with Gasteiger partial charge in [0.25, 0.3) is 0 Å². The monoisotopic (exact) mass is 274 g/mol. The quantitative estimate of drug-likeness (QED) is 0.497. The Kier molecular flexibility index (Phi) is 13.3. The van der Waals surface area contributed by atoms with E-state index in [0.717, 1.165) is 38.8 Å². The third-order valence-electron chi connectivity index (χ3n) is 2.99. The molecule has 0 bridgehead atoms. The zero-order chi connectivity index (χ0) is 14.3. The van der Waals surface area contributed by atoms with Gasteiger partial charge in [-0.15, -0.1) is 0 Å². The molecule has 0 heterocycles. The standard InChI is InChI=1S/C14H30N2O3/c1-13(7-8-15)5-6-14(17)16-9-3-4-10-19-12-11-18-2/h13H,3-12,15H2,1-2H3,(H,16,17). The Hall–Kier alpha value is -0.650. The summed E-state index contributed by atoms with van der Waals surface area (Å²) >= 11 is 0. The highest BCUT2D eigenvalue weighted by molar-refractivity contribution is 5.75. The topological polar surface area (TPSA) is 73.6 Å². The Labute approximate surface area is 117 Å². The molecule has 0 saturated carbocycles. The fraction of sp³-hybridized carbons (Fsp3) is 0.929. The SMILES string of the molecule is COCCOCCCCNC(=O)CCC(C)CCN. The van der Waals surface area contributed by atoms with Gasteiger partial charge >= 0.3 is 0 Å². The van der Waals surface area contributed by atoms with Crippen molar-refractivity contribution in [3.63, 3.8) is 0 Å². The predicted octanol–water partition coefficient (Wildman–Crippen LogP) is 1.31. The molecule has 1 amide bonds. The Morgan fingerprint density at radius 1 is 1.21 bits per heavy atom. The van der Waals surface area contributed by atoms with E-state index in [1.54, 1.807) is 7.11 Å². The summed E-state index contributed by atoms with van der Waals surface area (Å²) < 4.78 is 10.2. The number of carbonyl (C=O) groups excluding carboxylic acids is 1. The first-order valence-corrected chi connectivity index (χ1v) is 7.24. The van der Waals surface area contributed by atoms with E-state index in [9.17, 15) is 4.79 Å². The van der Waals surface area contributed by atoms with Crippen molar-refractivity contribution in [3.8, 4) is 0 Å². The van der Waals surface area contributed by atoms with Crippen LogP contribution in [0.1, 0.15) is 39.0 Å². The smallest absolute Gasteiger partial charge is 0.220 e. The maximum Gasteiger partial charge on any atom is 0.220 e. The van der Waals surface area contributed by atoms with Crippen molar-refractivity contribution in [1.82, 2.24) is 5.32 Å².